The summed E-state index contributed by atoms with van der Waals surface area (Å²) in [6, 6.07) is 26.1. The van der Waals surface area contributed by atoms with Crippen molar-refractivity contribution in [3.05, 3.63) is 89.5 Å². The van der Waals surface area contributed by atoms with E-state index >= 15 is 0 Å². The molecule has 4 aromatic rings. The number of rotatable bonds is 9. The molecule has 5 rings (SSSR count). The number of aromatic nitrogens is 1. The highest BCUT2D eigenvalue weighted by molar-refractivity contribution is 5.97. The topological polar surface area (TPSA) is 76.3 Å². The number of benzene rings is 3. The lowest BCUT2D eigenvalue weighted by Crippen LogP contribution is -2.26. The summed E-state index contributed by atoms with van der Waals surface area (Å²) in [5.41, 5.74) is 5.13. The van der Waals surface area contributed by atoms with Gasteiger partial charge in [0.05, 0.1) is 29.4 Å². The predicted molar refractivity (Wildman–Crippen MR) is 145 cm³/mol. The van der Waals surface area contributed by atoms with Crippen molar-refractivity contribution in [3.63, 3.8) is 0 Å². The highest BCUT2D eigenvalue weighted by atomic mass is 16.5. The van der Waals surface area contributed by atoms with Crippen LogP contribution >= 0.6 is 0 Å². The number of hydrogen-bond acceptors (Lipinski definition) is 4. The second kappa shape index (κ2) is 10.9. The molecule has 1 aliphatic carbocycles. The summed E-state index contributed by atoms with van der Waals surface area (Å²) in [7, 11) is 1.65. The minimum Gasteiger partial charge on any atom is -0.491 e. The standard InChI is InChI=1S/C31H31N3O3/c1-21(22-7-4-3-5-8-22)33-31(35)24-13-11-23(12-14-24)30-28(20-32)27-16-15-26(37-18-17-36-2)19-29(27)34(30)25-9-6-10-25/h3-5,7-8,11-16,19,21,25H,6,9-10,17-18H2,1-2H3,(H,33,35)/t21-/m0/s1. The molecule has 1 aliphatic rings. The van der Waals surface area contributed by atoms with Crippen LogP contribution in [0.3, 0.4) is 0 Å². The van der Waals surface area contributed by atoms with Crippen LogP contribution < -0.4 is 10.1 Å². The van der Waals surface area contributed by atoms with E-state index in [1.54, 1.807) is 7.11 Å². The van der Waals surface area contributed by atoms with Crippen LogP contribution in [0.4, 0.5) is 0 Å². The predicted octanol–water partition coefficient (Wildman–Crippen LogP) is 6.42. The Bertz CT molecular complexity index is 1430. The van der Waals surface area contributed by atoms with Crippen LogP contribution in [-0.4, -0.2) is 30.8 Å². The molecule has 6 nitrogen and oxygen atoms in total. The molecular weight excluding hydrogens is 462 g/mol. The number of nitrogens with zero attached hydrogens (tertiary/aromatic N) is 2. The van der Waals surface area contributed by atoms with Crippen molar-refractivity contribution in [2.75, 3.05) is 20.3 Å². The fraction of sp³-hybridized carbons (Fsp3) is 0.290. The van der Waals surface area contributed by atoms with E-state index in [0.717, 1.165) is 46.3 Å². The molecule has 1 saturated carbocycles. The normalized spacial score (nSPS) is 14.1. The maximum atomic E-state index is 12.9. The largest absolute Gasteiger partial charge is 0.491 e. The van der Waals surface area contributed by atoms with Gasteiger partial charge in [-0.05, 0) is 61.6 Å². The number of nitriles is 1. The van der Waals surface area contributed by atoms with Crippen molar-refractivity contribution in [1.29, 1.82) is 5.26 Å². The first kappa shape index (κ1) is 24.6. The molecule has 6 heteroatoms. The van der Waals surface area contributed by atoms with E-state index in [1.165, 1.54) is 6.42 Å². The van der Waals surface area contributed by atoms with Crippen molar-refractivity contribution < 1.29 is 14.3 Å². The quantitative estimate of drug-likeness (QED) is 0.273. The fourth-order valence-corrected chi connectivity index (χ4v) is 4.93. The van der Waals surface area contributed by atoms with Gasteiger partial charge in [0.1, 0.15) is 18.4 Å². The Morgan fingerprint density at radius 3 is 2.49 bits per heavy atom. The zero-order valence-corrected chi connectivity index (χ0v) is 21.2. The van der Waals surface area contributed by atoms with E-state index in [2.05, 4.69) is 16.0 Å². The van der Waals surface area contributed by atoms with Crippen molar-refractivity contribution in [1.82, 2.24) is 9.88 Å². The molecular formula is C31H31N3O3. The summed E-state index contributed by atoms with van der Waals surface area (Å²) < 4.78 is 13.3. The summed E-state index contributed by atoms with van der Waals surface area (Å²) in [6.07, 6.45) is 3.33. The van der Waals surface area contributed by atoms with E-state index in [0.29, 0.717) is 30.4 Å². The van der Waals surface area contributed by atoms with E-state index in [-0.39, 0.29) is 11.9 Å². The van der Waals surface area contributed by atoms with E-state index in [9.17, 15) is 10.1 Å². The average molecular weight is 494 g/mol. The summed E-state index contributed by atoms with van der Waals surface area (Å²) in [5, 5.41) is 14.2. The molecule has 0 unspecified atom stereocenters. The molecule has 1 amide bonds. The van der Waals surface area contributed by atoms with Gasteiger partial charge in [0, 0.05) is 30.2 Å². The number of fused-ring (bicyclic) bond motifs is 1. The van der Waals surface area contributed by atoms with Crippen LogP contribution in [0.1, 0.15) is 59.8 Å². The van der Waals surface area contributed by atoms with Gasteiger partial charge in [0.15, 0.2) is 0 Å². The van der Waals surface area contributed by atoms with Gasteiger partial charge < -0.3 is 19.4 Å². The zero-order valence-electron chi connectivity index (χ0n) is 21.2. The molecule has 1 fully saturated rings. The Labute approximate surface area is 217 Å². The minimum absolute atomic E-state index is 0.0972. The smallest absolute Gasteiger partial charge is 0.251 e. The summed E-state index contributed by atoms with van der Waals surface area (Å²) >= 11 is 0. The number of carbonyl (C=O) groups is 1. The molecule has 1 N–H and O–H groups in total. The van der Waals surface area contributed by atoms with Gasteiger partial charge in [0.25, 0.3) is 5.91 Å². The van der Waals surface area contributed by atoms with Crippen LogP contribution in [0.5, 0.6) is 5.75 Å². The van der Waals surface area contributed by atoms with Crippen LogP contribution in [0.25, 0.3) is 22.2 Å². The van der Waals surface area contributed by atoms with Gasteiger partial charge >= 0.3 is 0 Å². The minimum atomic E-state index is -0.124. The zero-order chi connectivity index (χ0) is 25.8. The second-order valence-electron chi connectivity index (χ2n) is 9.49. The lowest BCUT2D eigenvalue weighted by Gasteiger charge is -2.30. The van der Waals surface area contributed by atoms with Crippen LogP contribution in [0, 0.1) is 11.3 Å². The van der Waals surface area contributed by atoms with E-state index in [1.807, 2.05) is 79.7 Å². The number of nitrogens with one attached hydrogen (secondary N) is 1. The Hall–Kier alpha value is -4.08. The molecule has 1 heterocycles. The van der Waals surface area contributed by atoms with Crippen LogP contribution in [-0.2, 0) is 4.74 Å². The van der Waals surface area contributed by atoms with Crippen LogP contribution in [0.2, 0.25) is 0 Å². The highest BCUT2D eigenvalue weighted by Gasteiger charge is 2.28. The molecule has 188 valence electrons. The van der Waals surface area contributed by atoms with E-state index < -0.39 is 0 Å². The average Bonchev–Trinajstić information content (AvgIpc) is 3.21. The lowest BCUT2D eigenvalue weighted by molar-refractivity contribution is 0.0940. The molecule has 37 heavy (non-hydrogen) atoms. The van der Waals surface area contributed by atoms with Crippen molar-refractivity contribution >= 4 is 16.8 Å². The third kappa shape index (κ3) is 4.96. The summed E-state index contributed by atoms with van der Waals surface area (Å²) in [4.78, 5) is 12.9. The molecule has 0 saturated heterocycles. The molecule has 1 atom stereocenters. The first-order valence-electron chi connectivity index (χ1n) is 12.8. The van der Waals surface area contributed by atoms with Gasteiger partial charge in [-0.25, -0.2) is 0 Å². The number of ether oxygens (including phenoxy) is 2. The molecule has 1 aromatic heterocycles. The van der Waals surface area contributed by atoms with Gasteiger partial charge in [-0.3, -0.25) is 4.79 Å². The highest BCUT2D eigenvalue weighted by Crippen LogP contribution is 2.43. The summed E-state index contributed by atoms with van der Waals surface area (Å²) in [5.74, 6) is 0.638. The number of hydrogen-bond donors (Lipinski definition) is 1. The number of carbonyl (C=O) groups excluding carboxylic acids is 1. The van der Waals surface area contributed by atoms with Crippen molar-refractivity contribution in [2.45, 2.75) is 38.3 Å². The molecule has 0 spiro atoms. The molecule has 0 aliphatic heterocycles. The maximum absolute atomic E-state index is 12.9. The Kier molecular flexibility index (Phi) is 7.25. The first-order valence-corrected chi connectivity index (χ1v) is 12.8. The summed E-state index contributed by atoms with van der Waals surface area (Å²) in [6.45, 7) is 2.96. The SMILES string of the molecule is COCCOc1ccc2c(C#N)c(-c3ccc(C(=O)N[C@@H](C)c4ccccc4)cc3)n(C3CCC3)c2c1. The number of methoxy groups -OCH3 is 1. The maximum Gasteiger partial charge on any atom is 0.251 e. The Morgan fingerprint density at radius 1 is 1.08 bits per heavy atom. The fourth-order valence-electron chi connectivity index (χ4n) is 4.93. The van der Waals surface area contributed by atoms with Gasteiger partial charge in [-0.15, -0.1) is 0 Å². The third-order valence-corrected chi connectivity index (χ3v) is 7.15. The van der Waals surface area contributed by atoms with Gasteiger partial charge in [-0.2, -0.15) is 5.26 Å². The monoisotopic (exact) mass is 493 g/mol. The molecule has 0 radical (unpaired) electrons. The van der Waals surface area contributed by atoms with Crippen molar-refractivity contribution in [3.8, 4) is 23.1 Å². The molecule has 0 bridgehead atoms. The van der Waals surface area contributed by atoms with Gasteiger partial charge in [-0.1, -0.05) is 42.5 Å². The van der Waals surface area contributed by atoms with Crippen molar-refractivity contribution in [2.24, 2.45) is 0 Å². The van der Waals surface area contributed by atoms with E-state index in [4.69, 9.17) is 9.47 Å². The second-order valence-corrected chi connectivity index (χ2v) is 9.49. The van der Waals surface area contributed by atoms with Gasteiger partial charge in [0.2, 0.25) is 0 Å². The first-order chi connectivity index (χ1) is 18.1. The Morgan fingerprint density at radius 2 is 1.84 bits per heavy atom. The lowest BCUT2D eigenvalue weighted by atomic mass is 9.92. The molecule has 3 aromatic carbocycles. The number of amides is 1. The van der Waals surface area contributed by atoms with Crippen LogP contribution in [0.15, 0.2) is 72.8 Å². The Balaban J connectivity index is 1.48. The third-order valence-electron chi connectivity index (χ3n) is 7.15.